The number of benzene rings is 1. The second-order valence-corrected chi connectivity index (χ2v) is 4.49. The van der Waals surface area contributed by atoms with Crippen LogP contribution in [0, 0.1) is 0 Å². The second-order valence-electron chi connectivity index (χ2n) is 3.71. The van der Waals surface area contributed by atoms with Crippen LogP contribution in [0.1, 0.15) is 12.8 Å². The van der Waals surface area contributed by atoms with Crippen molar-refractivity contribution in [2.45, 2.75) is 13.3 Å². The van der Waals surface area contributed by atoms with Crippen LogP contribution in [0.3, 0.4) is 0 Å². The molecule has 0 atom stereocenters. The molecular formula is C12H13Cl2N3O. The van der Waals surface area contributed by atoms with Gasteiger partial charge in [-0.3, -0.25) is 0 Å². The Morgan fingerprint density at radius 1 is 1.28 bits per heavy atom. The maximum absolute atomic E-state index is 6.09. The Morgan fingerprint density at radius 3 is 2.89 bits per heavy atom. The summed E-state index contributed by atoms with van der Waals surface area (Å²) in [5, 5.41) is 12.1. The first-order valence-electron chi connectivity index (χ1n) is 5.70. The van der Waals surface area contributed by atoms with Crippen LogP contribution in [0.5, 0.6) is 0 Å². The molecule has 0 amide bonds. The van der Waals surface area contributed by atoms with E-state index in [9.17, 15) is 0 Å². The molecule has 18 heavy (non-hydrogen) atoms. The predicted octanol–water partition coefficient (Wildman–Crippen LogP) is 3.20. The molecule has 0 aliphatic rings. The highest BCUT2D eigenvalue weighted by Gasteiger charge is 2.13. The summed E-state index contributed by atoms with van der Waals surface area (Å²) in [5.41, 5.74) is 0.659. The van der Waals surface area contributed by atoms with Crippen molar-refractivity contribution in [1.29, 1.82) is 0 Å². The van der Waals surface area contributed by atoms with E-state index >= 15 is 0 Å². The summed E-state index contributed by atoms with van der Waals surface area (Å²) in [6, 6.07) is 5.32. The van der Waals surface area contributed by atoms with Gasteiger partial charge in [0.1, 0.15) is 0 Å². The molecule has 0 radical (unpaired) electrons. The van der Waals surface area contributed by atoms with E-state index in [2.05, 4.69) is 15.5 Å². The van der Waals surface area contributed by atoms with Gasteiger partial charge >= 0.3 is 0 Å². The zero-order valence-corrected chi connectivity index (χ0v) is 11.4. The molecule has 1 aromatic heterocycles. The van der Waals surface area contributed by atoms with E-state index in [1.165, 1.54) is 0 Å². The van der Waals surface area contributed by atoms with Gasteiger partial charge in [0.25, 0.3) is 0 Å². The summed E-state index contributed by atoms with van der Waals surface area (Å²) in [6.07, 6.45) is 0.693. The Hall–Kier alpha value is -1.10. The molecule has 2 rings (SSSR count). The molecule has 0 fully saturated rings. The van der Waals surface area contributed by atoms with Gasteiger partial charge < -0.3 is 9.73 Å². The molecule has 6 heteroatoms. The first-order chi connectivity index (χ1) is 8.72. The lowest BCUT2D eigenvalue weighted by atomic mass is 10.2. The monoisotopic (exact) mass is 285 g/mol. The molecule has 96 valence electrons. The van der Waals surface area contributed by atoms with Crippen molar-refractivity contribution in [1.82, 2.24) is 15.5 Å². The molecule has 0 aliphatic carbocycles. The smallest absolute Gasteiger partial charge is 0.249 e. The van der Waals surface area contributed by atoms with Gasteiger partial charge in [0.05, 0.1) is 15.6 Å². The molecule has 1 heterocycles. The molecular weight excluding hydrogens is 273 g/mol. The van der Waals surface area contributed by atoms with Crippen LogP contribution in [0.15, 0.2) is 22.6 Å². The van der Waals surface area contributed by atoms with Crippen LogP contribution in [0.2, 0.25) is 10.0 Å². The third-order valence-electron chi connectivity index (χ3n) is 2.41. The number of nitrogens with one attached hydrogen (secondary N) is 1. The fraction of sp³-hybridized carbons (Fsp3) is 0.333. The SMILES string of the molecule is CCNCCc1nnc(-c2cccc(Cl)c2Cl)o1. The molecule has 0 spiro atoms. The zero-order chi connectivity index (χ0) is 13.0. The van der Waals surface area contributed by atoms with Gasteiger partial charge in [-0.05, 0) is 18.7 Å². The van der Waals surface area contributed by atoms with Gasteiger partial charge in [0, 0.05) is 13.0 Å². The fourth-order valence-electron chi connectivity index (χ4n) is 1.50. The number of hydrogen-bond donors (Lipinski definition) is 1. The lowest BCUT2D eigenvalue weighted by molar-refractivity contribution is 0.496. The zero-order valence-electron chi connectivity index (χ0n) is 9.91. The number of hydrogen-bond acceptors (Lipinski definition) is 4. The highest BCUT2D eigenvalue weighted by molar-refractivity contribution is 6.43. The summed E-state index contributed by atoms with van der Waals surface area (Å²) in [5.74, 6) is 0.982. The fourth-order valence-corrected chi connectivity index (χ4v) is 1.89. The van der Waals surface area contributed by atoms with Gasteiger partial charge in [-0.1, -0.05) is 36.2 Å². The van der Waals surface area contributed by atoms with Gasteiger partial charge in [-0.15, -0.1) is 10.2 Å². The molecule has 0 saturated carbocycles. The third kappa shape index (κ3) is 3.02. The van der Waals surface area contributed by atoms with Crippen molar-refractivity contribution < 1.29 is 4.42 Å². The Balaban J connectivity index is 2.16. The number of nitrogens with zero attached hydrogens (tertiary/aromatic N) is 2. The van der Waals surface area contributed by atoms with E-state index in [0.29, 0.717) is 33.8 Å². The molecule has 0 aliphatic heterocycles. The van der Waals surface area contributed by atoms with Gasteiger partial charge in [-0.2, -0.15) is 0 Å². The van der Waals surface area contributed by atoms with E-state index in [-0.39, 0.29) is 0 Å². The Kier molecular flexibility index (Phi) is 4.58. The van der Waals surface area contributed by atoms with Crippen molar-refractivity contribution in [2.75, 3.05) is 13.1 Å². The first-order valence-corrected chi connectivity index (χ1v) is 6.45. The van der Waals surface area contributed by atoms with Crippen LogP contribution >= 0.6 is 23.2 Å². The van der Waals surface area contributed by atoms with Crippen molar-refractivity contribution in [3.63, 3.8) is 0 Å². The Bertz CT molecular complexity index is 528. The summed E-state index contributed by atoms with van der Waals surface area (Å²) in [6.45, 7) is 3.77. The van der Waals surface area contributed by atoms with Gasteiger partial charge in [-0.25, -0.2) is 0 Å². The van der Waals surface area contributed by atoms with Crippen molar-refractivity contribution in [2.24, 2.45) is 0 Å². The highest BCUT2D eigenvalue weighted by atomic mass is 35.5. The average molecular weight is 286 g/mol. The van der Waals surface area contributed by atoms with Crippen molar-refractivity contribution in [3.8, 4) is 11.5 Å². The van der Waals surface area contributed by atoms with E-state index in [4.69, 9.17) is 27.6 Å². The van der Waals surface area contributed by atoms with E-state index < -0.39 is 0 Å². The molecule has 4 nitrogen and oxygen atoms in total. The lowest BCUT2D eigenvalue weighted by Gasteiger charge is -2.00. The summed E-state index contributed by atoms with van der Waals surface area (Å²) in [7, 11) is 0. The van der Waals surface area contributed by atoms with Crippen LogP contribution in [-0.2, 0) is 6.42 Å². The van der Waals surface area contributed by atoms with Crippen LogP contribution in [0.4, 0.5) is 0 Å². The molecule has 0 saturated heterocycles. The summed E-state index contributed by atoms with van der Waals surface area (Å²) in [4.78, 5) is 0. The Morgan fingerprint density at radius 2 is 2.11 bits per heavy atom. The molecule has 0 unspecified atom stereocenters. The van der Waals surface area contributed by atoms with Gasteiger partial charge in [0.2, 0.25) is 11.8 Å². The predicted molar refractivity (Wildman–Crippen MR) is 72.0 cm³/mol. The topological polar surface area (TPSA) is 51.0 Å². The standard InChI is InChI=1S/C12H13Cl2N3O/c1-2-15-7-6-10-16-17-12(18-10)8-4-3-5-9(13)11(8)14/h3-5,15H,2,6-7H2,1H3. The van der Waals surface area contributed by atoms with Crippen LogP contribution in [-0.4, -0.2) is 23.3 Å². The van der Waals surface area contributed by atoms with Crippen LogP contribution in [0.25, 0.3) is 11.5 Å². The molecule has 1 N–H and O–H groups in total. The van der Waals surface area contributed by atoms with E-state index in [0.717, 1.165) is 13.1 Å². The van der Waals surface area contributed by atoms with Gasteiger partial charge in [0.15, 0.2) is 0 Å². The number of likely N-dealkylation sites (N-methyl/N-ethyl adjacent to an activating group) is 1. The highest BCUT2D eigenvalue weighted by Crippen LogP contribution is 2.32. The number of rotatable bonds is 5. The third-order valence-corrected chi connectivity index (χ3v) is 3.23. The second kappa shape index (κ2) is 6.18. The lowest BCUT2D eigenvalue weighted by Crippen LogP contribution is -2.16. The minimum atomic E-state index is 0.397. The maximum atomic E-state index is 6.09. The largest absolute Gasteiger partial charge is 0.421 e. The minimum absolute atomic E-state index is 0.397. The molecule has 0 bridgehead atoms. The molecule has 1 aromatic carbocycles. The summed E-state index contributed by atoms with van der Waals surface area (Å²) >= 11 is 12.0. The van der Waals surface area contributed by atoms with E-state index in [1.807, 2.05) is 6.92 Å². The van der Waals surface area contributed by atoms with Crippen molar-refractivity contribution >= 4 is 23.2 Å². The van der Waals surface area contributed by atoms with Crippen LogP contribution < -0.4 is 5.32 Å². The van der Waals surface area contributed by atoms with E-state index in [1.54, 1.807) is 18.2 Å². The Labute approximate surface area is 115 Å². The summed E-state index contributed by atoms with van der Waals surface area (Å²) < 4.78 is 5.55. The minimum Gasteiger partial charge on any atom is -0.421 e. The normalized spacial score (nSPS) is 10.8. The average Bonchev–Trinajstić information content (AvgIpc) is 2.82. The number of aromatic nitrogens is 2. The maximum Gasteiger partial charge on any atom is 0.249 e. The first kappa shape index (κ1) is 13.3. The quantitative estimate of drug-likeness (QED) is 0.858. The number of halogens is 2. The van der Waals surface area contributed by atoms with Crippen molar-refractivity contribution in [3.05, 3.63) is 34.1 Å². The molecule has 2 aromatic rings.